The minimum Gasteiger partial charge on any atom is -0.506 e. The topological polar surface area (TPSA) is 73.0 Å². The number of benzene rings is 3. The van der Waals surface area contributed by atoms with Gasteiger partial charge in [0.05, 0.1) is 11.6 Å². The number of nitrogens with zero attached hydrogens (tertiary/aromatic N) is 4. The minimum absolute atomic E-state index is 0. The smallest absolute Gasteiger partial charge is 0.140 e. The quantitative estimate of drug-likeness (QED) is 0.188. The third-order valence-electron chi connectivity index (χ3n) is 7.70. The molecule has 1 N–H and O–H groups in total. The second-order valence-electron chi connectivity index (χ2n) is 11.6. The molecular weight excluding hydrogens is 675 g/mol. The molecule has 0 atom stereocenters. The zero-order valence-corrected chi connectivity index (χ0v) is 25.3. The van der Waals surface area contributed by atoms with E-state index in [2.05, 4.69) is 94.1 Å². The van der Waals surface area contributed by atoms with Crippen molar-refractivity contribution in [2.24, 2.45) is 0 Å². The summed E-state index contributed by atoms with van der Waals surface area (Å²) in [6.45, 7) is 11.1. The first-order chi connectivity index (χ1) is 18.6. The molecule has 5 aromatic rings. The Morgan fingerprint density at radius 1 is 0.950 bits per heavy atom. The van der Waals surface area contributed by atoms with Crippen molar-refractivity contribution in [3.05, 3.63) is 107 Å². The number of phenolic OH excluding ortho intramolecular Hbond substituents is 1. The second-order valence-corrected chi connectivity index (χ2v) is 11.6. The predicted molar refractivity (Wildman–Crippen MR) is 156 cm³/mol. The molecule has 1 aliphatic heterocycles. The Kier molecular flexibility index (Phi) is 6.81. The number of pyridine rings is 2. The van der Waals surface area contributed by atoms with E-state index < -0.39 is 0 Å². The van der Waals surface area contributed by atoms with E-state index in [-0.39, 0.29) is 37.6 Å². The van der Waals surface area contributed by atoms with Crippen LogP contribution in [0, 0.1) is 17.4 Å². The van der Waals surface area contributed by atoms with Crippen LogP contribution < -0.4 is 4.90 Å². The summed E-state index contributed by atoms with van der Waals surface area (Å²) in [5, 5.41) is 21.0. The van der Waals surface area contributed by atoms with Crippen molar-refractivity contribution in [1.29, 1.82) is 5.26 Å². The number of fused-ring (bicyclic) bond motifs is 3. The van der Waals surface area contributed by atoms with Gasteiger partial charge in [-0.2, -0.15) is 5.26 Å². The Labute approximate surface area is 249 Å². The summed E-state index contributed by atoms with van der Waals surface area (Å²) in [5.74, 6) is 0.866. The van der Waals surface area contributed by atoms with Crippen molar-refractivity contribution < 1.29 is 26.2 Å². The van der Waals surface area contributed by atoms with Crippen molar-refractivity contribution in [2.45, 2.75) is 45.4 Å². The number of nitriles is 1. The molecule has 0 fully saturated rings. The molecule has 6 rings (SSSR count). The van der Waals surface area contributed by atoms with Crippen molar-refractivity contribution in [2.75, 3.05) is 4.90 Å². The van der Waals surface area contributed by atoms with Crippen LogP contribution in [0.1, 0.15) is 56.9 Å². The number of aromatic nitrogens is 2. The third-order valence-corrected chi connectivity index (χ3v) is 7.70. The molecule has 0 saturated carbocycles. The molecule has 0 spiro atoms. The maximum atomic E-state index is 10.5. The summed E-state index contributed by atoms with van der Waals surface area (Å²) in [6, 6.07) is 29.6. The number of hydrogen-bond donors (Lipinski definition) is 1. The fraction of sp³-hybridized carbons (Fsp3) is 0.206. The maximum Gasteiger partial charge on any atom is 0.140 e. The molecule has 0 aliphatic carbocycles. The van der Waals surface area contributed by atoms with E-state index in [1.54, 1.807) is 24.3 Å². The standard InChI is InChI=1S/C34H29N4O.Pt/c1-33(2,3)23-15-16-36-31(19-23)38-28-11-7-6-10-25(28)34(4,5)26-14-13-21(18-29(26)38)27-17-22(20-35)24-9-8-12-30(39)32(24)37-27;/h6-17,19,39H,1-5H3;/q-1;. The van der Waals surface area contributed by atoms with Crippen LogP contribution in [0.4, 0.5) is 17.2 Å². The summed E-state index contributed by atoms with van der Waals surface area (Å²) in [6.07, 6.45) is 1.87. The molecule has 3 heterocycles. The molecule has 0 unspecified atom stereocenters. The number of anilines is 3. The fourth-order valence-electron chi connectivity index (χ4n) is 5.48. The molecule has 0 amide bonds. The number of rotatable bonds is 2. The van der Waals surface area contributed by atoms with Crippen LogP contribution in [0.25, 0.3) is 22.2 Å². The molecule has 202 valence electrons. The van der Waals surface area contributed by atoms with Gasteiger partial charge in [-0.25, -0.2) is 4.98 Å². The molecule has 6 heteroatoms. The zero-order valence-electron chi connectivity index (χ0n) is 23.1. The number of para-hydroxylation sites is 2. The molecule has 0 saturated heterocycles. The minimum atomic E-state index is -0.272. The summed E-state index contributed by atoms with van der Waals surface area (Å²) in [5.41, 5.74) is 7.35. The van der Waals surface area contributed by atoms with Gasteiger partial charge in [-0.3, -0.25) is 4.98 Å². The van der Waals surface area contributed by atoms with Crippen molar-refractivity contribution >= 4 is 28.1 Å². The molecule has 5 nitrogen and oxygen atoms in total. The molecular formula is C34H29N4OPt-. The molecule has 1 aliphatic rings. The Hall–Kier alpha value is -4.00. The number of hydrogen-bond acceptors (Lipinski definition) is 5. The first kappa shape index (κ1) is 27.6. The van der Waals surface area contributed by atoms with E-state index in [4.69, 9.17) is 9.97 Å². The van der Waals surface area contributed by atoms with E-state index in [1.807, 2.05) is 12.3 Å². The molecule has 3 aromatic carbocycles. The van der Waals surface area contributed by atoms with Gasteiger partial charge < -0.3 is 10.0 Å². The van der Waals surface area contributed by atoms with Crippen LogP contribution in [0.15, 0.2) is 79.0 Å². The monoisotopic (exact) mass is 704 g/mol. The molecule has 40 heavy (non-hydrogen) atoms. The molecule has 0 radical (unpaired) electrons. The normalized spacial score (nSPS) is 13.7. The summed E-state index contributed by atoms with van der Waals surface area (Å²) < 4.78 is 0. The third kappa shape index (κ3) is 4.37. The summed E-state index contributed by atoms with van der Waals surface area (Å²) in [7, 11) is 0. The Morgan fingerprint density at radius 2 is 1.73 bits per heavy atom. The largest absolute Gasteiger partial charge is 0.506 e. The van der Waals surface area contributed by atoms with Gasteiger partial charge in [0.25, 0.3) is 0 Å². The molecule has 0 bridgehead atoms. The van der Waals surface area contributed by atoms with E-state index in [0.29, 0.717) is 22.2 Å². The van der Waals surface area contributed by atoms with Gasteiger partial charge in [0.2, 0.25) is 0 Å². The second kappa shape index (κ2) is 9.88. The maximum absolute atomic E-state index is 10.5. The van der Waals surface area contributed by atoms with Crippen LogP contribution in [-0.4, -0.2) is 15.1 Å². The number of aromatic hydroxyl groups is 1. The van der Waals surface area contributed by atoms with Crippen LogP contribution in [-0.2, 0) is 31.9 Å². The Morgan fingerprint density at radius 3 is 2.48 bits per heavy atom. The van der Waals surface area contributed by atoms with Gasteiger partial charge in [0, 0.05) is 38.3 Å². The fourth-order valence-corrected chi connectivity index (χ4v) is 5.48. The van der Waals surface area contributed by atoms with Crippen molar-refractivity contribution in [3.8, 4) is 23.1 Å². The first-order valence-electron chi connectivity index (χ1n) is 13.1. The van der Waals surface area contributed by atoms with Gasteiger partial charge in [0.15, 0.2) is 0 Å². The van der Waals surface area contributed by atoms with Gasteiger partial charge >= 0.3 is 0 Å². The Balaban J connectivity index is 0.00000323. The van der Waals surface area contributed by atoms with Crippen LogP contribution in [0.3, 0.4) is 0 Å². The van der Waals surface area contributed by atoms with Gasteiger partial charge in [-0.1, -0.05) is 76.6 Å². The van der Waals surface area contributed by atoms with E-state index >= 15 is 0 Å². The van der Waals surface area contributed by atoms with Gasteiger partial charge in [-0.05, 0) is 57.6 Å². The van der Waals surface area contributed by atoms with Crippen molar-refractivity contribution in [1.82, 2.24) is 9.97 Å². The van der Waals surface area contributed by atoms with E-state index in [1.165, 1.54) is 11.1 Å². The summed E-state index contributed by atoms with van der Waals surface area (Å²) in [4.78, 5) is 11.8. The summed E-state index contributed by atoms with van der Waals surface area (Å²) >= 11 is 0. The van der Waals surface area contributed by atoms with Crippen LogP contribution in [0.2, 0.25) is 0 Å². The number of phenols is 1. The molecule has 2 aromatic heterocycles. The first-order valence-corrected chi connectivity index (χ1v) is 13.1. The van der Waals surface area contributed by atoms with Gasteiger partial charge in [0.1, 0.15) is 17.1 Å². The van der Waals surface area contributed by atoms with Gasteiger partial charge in [-0.15, -0.1) is 23.8 Å². The van der Waals surface area contributed by atoms with E-state index in [0.717, 1.165) is 28.3 Å². The SMILES string of the molecule is CC(C)(C)c1ccnc(N2c3[c-]c(-c4cc(C#N)c5cccc(O)c5n4)ccc3C(C)(C)c3ccccc32)c1.[Pt]. The van der Waals surface area contributed by atoms with Crippen LogP contribution in [0.5, 0.6) is 5.75 Å². The predicted octanol–water partition coefficient (Wildman–Crippen LogP) is 8.08. The average molecular weight is 705 g/mol. The zero-order chi connectivity index (χ0) is 27.5. The van der Waals surface area contributed by atoms with Crippen LogP contribution >= 0.6 is 0 Å². The average Bonchev–Trinajstić information content (AvgIpc) is 2.92. The Bertz CT molecular complexity index is 1810. The van der Waals surface area contributed by atoms with Crippen molar-refractivity contribution in [3.63, 3.8) is 0 Å². The van der Waals surface area contributed by atoms with E-state index in [9.17, 15) is 10.4 Å².